The van der Waals surface area contributed by atoms with Crippen LogP contribution in [0.4, 0.5) is 17.1 Å². The van der Waals surface area contributed by atoms with Crippen LogP contribution in [0.1, 0.15) is 19.3 Å². The molecule has 2 fully saturated rings. The van der Waals surface area contributed by atoms with Crippen molar-refractivity contribution in [1.82, 2.24) is 4.90 Å². The number of benzene rings is 2. The molecule has 5 rings (SSSR count). The Bertz CT molecular complexity index is 1000. The molecule has 3 aliphatic heterocycles. The van der Waals surface area contributed by atoms with E-state index in [1.807, 2.05) is 58.3 Å². The average molecular weight is 465 g/mol. The number of carbonyl (C=O) groups excluding carboxylic acids is 2. The van der Waals surface area contributed by atoms with Gasteiger partial charge in [-0.15, -0.1) is 0 Å². The summed E-state index contributed by atoms with van der Waals surface area (Å²) in [5, 5.41) is 3.00. The summed E-state index contributed by atoms with van der Waals surface area (Å²) in [4.78, 5) is 32.2. The van der Waals surface area contributed by atoms with Crippen LogP contribution in [0.5, 0.6) is 5.75 Å². The SMILES string of the molecule is O=C(CN1C[C@H](C(=O)N2CCCCC2)Oc2ccccc21)Nc1ccc(N2CCOCC2)cc1. The van der Waals surface area contributed by atoms with Gasteiger partial charge in [0.15, 0.2) is 6.10 Å². The maximum Gasteiger partial charge on any atom is 0.265 e. The summed E-state index contributed by atoms with van der Waals surface area (Å²) in [7, 11) is 0. The van der Waals surface area contributed by atoms with Crippen molar-refractivity contribution in [1.29, 1.82) is 0 Å². The number of rotatable bonds is 5. The van der Waals surface area contributed by atoms with Gasteiger partial charge in [-0.2, -0.15) is 0 Å². The molecule has 34 heavy (non-hydrogen) atoms. The normalized spacial score (nSPS) is 20.4. The topological polar surface area (TPSA) is 74.4 Å². The van der Waals surface area contributed by atoms with Gasteiger partial charge in [-0.3, -0.25) is 9.59 Å². The molecule has 2 amide bonds. The minimum atomic E-state index is -0.603. The summed E-state index contributed by atoms with van der Waals surface area (Å²) in [6.07, 6.45) is 2.63. The molecule has 3 heterocycles. The highest BCUT2D eigenvalue weighted by molar-refractivity contribution is 5.95. The third-order valence-corrected chi connectivity index (χ3v) is 6.67. The molecule has 0 saturated carbocycles. The van der Waals surface area contributed by atoms with Gasteiger partial charge in [0.2, 0.25) is 5.91 Å². The lowest BCUT2D eigenvalue weighted by Gasteiger charge is -2.38. The number of likely N-dealkylation sites (tertiary alicyclic amines) is 1. The van der Waals surface area contributed by atoms with Gasteiger partial charge in [-0.25, -0.2) is 0 Å². The molecule has 2 aromatic carbocycles. The molecule has 0 aliphatic carbocycles. The lowest BCUT2D eigenvalue weighted by molar-refractivity contribution is -0.139. The molecular weight excluding hydrogens is 432 g/mol. The zero-order valence-electron chi connectivity index (χ0n) is 19.4. The zero-order chi connectivity index (χ0) is 23.3. The first-order valence-electron chi connectivity index (χ1n) is 12.2. The van der Waals surface area contributed by atoms with E-state index in [0.29, 0.717) is 12.3 Å². The molecule has 180 valence electrons. The number of nitrogens with zero attached hydrogens (tertiary/aromatic N) is 3. The van der Waals surface area contributed by atoms with Crippen LogP contribution in [0.2, 0.25) is 0 Å². The first-order valence-corrected chi connectivity index (χ1v) is 12.2. The number of amides is 2. The van der Waals surface area contributed by atoms with Crippen molar-refractivity contribution < 1.29 is 19.1 Å². The number of anilines is 3. The molecule has 8 nitrogen and oxygen atoms in total. The highest BCUT2D eigenvalue weighted by Gasteiger charge is 2.34. The largest absolute Gasteiger partial charge is 0.477 e. The van der Waals surface area contributed by atoms with Crippen LogP contribution in [-0.4, -0.2) is 75.3 Å². The lowest BCUT2D eigenvalue weighted by Crippen LogP contribution is -2.52. The monoisotopic (exact) mass is 464 g/mol. The number of fused-ring (bicyclic) bond motifs is 1. The average Bonchev–Trinajstić information content (AvgIpc) is 2.89. The molecule has 0 radical (unpaired) electrons. The van der Waals surface area contributed by atoms with Gasteiger partial charge in [0.1, 0.15) is 5.75 Å². The molecule has 2 saturated heterocycles. The molecule has 2 aromatic rings. The molecule has 0 spiro atoms. The Morgan fingerprint density at radius 1 is 0.912 bits per heavy atom. The van der Waals surface area contributed by atoms with Crippen molar-refractivity contribution in [2.45, 2.75) is 25.4 Å². The van der Waals surface area contributed by atoms with Crippen LogP contribution < -0.4 is 19.9 Å². The number of nitrogens with one attached hydrogen (secondary N) is 1. The lowest BCUT2D eigenvalue weighted by atomic mass is 10.1. The van der Waals surface area contributed by atoms with Gasteiger partial charge in [-0.05, 0) is 55.7 Å². The Balaban J connectivity index is 1.24. The molecule has 0 unspecified atom stereocenters. The van der Waals surface area contributed by atoms with Crippen LogP contribution in [0.25, 0.3) is 0 Å². The number of ether oxygens (including phenoxy) is 2. The van der Waals surface area contributed by atoms with E-state index in [4.69, 9.17) is 9.47 Å². The second-order valence-corrected chi connectivity index (χ2v) is 9.04. The number of morpholine rings is 1. The molecule has 1 atom stereocenters. The molecule has 0 aromatic heterocycles. The van der Waals surface area contributed by atoms with E-state index in [2.05, 4.69) is 10.2 Å². The summed E-state index contributed by atoms with van der Waals surface area (Å²) in [5.74, 6) is 0.532. The van der Waals surface area contributed by atoms with Crippen molar-refractivity contribution in [3.05, 3.63) is 48.5 Å². The standard InChI is InChI=1S/C26H32N4O4/c31-25(27-20-8-10-21(11-9-20)28-14-16-33-17-15-28)19-30-18-24(26(32)29-12-4-1-5-13-29)34-23-7-3-2-6-22(23)30/h2-3,6-11,24H,1,4-5,12-19H2,(H,27,31)/t24-/m1/s1. The van der Waals surface area contributed by atoms with Crippen molar-refractivity contribution in [3.8, 4) is 5.75 Å². The second kappa shape index (κ2) is 10.3. The maximum atomic E-state index is 13.1. The smallest absolute Gasteiger partial charge is 0.265 e. The van der Waals surface area contributed by atoms with Crippen molar-refractivity contribution >= 4 is 28.9 Å². The summed E-state index contributed by atoms with van der Waals surface area (Å²) in [6.45, 7) is 5.29. The van der Waals surface area contributed by atoms with Crippen LogP contribution in [0.15, 0.2) is 48.5 Å². The van der Waals surface area contributed by atoms with Crippen LogP contribution in [0, 0.1) is 0 Å². The fourth-order valence-electron chi connectivity index (χ4n) is 4.85. The molecule has 0 bridgehead atoms. The van der Waals surface area contributed by atoms with E-state index in [1.165, 1.54) is 0 Å². The third-order valence-electron chi connectivity index (χ3n) is 6.67. The van der Waals surface area contributed by atoms with Gasteiger partial charge in [0, 0.05) is 37.6 Å². The Hall–Kier alpha value is -3.26. The van der Waals surface area contributed by atoms with Gasteiger partial charge < -0.3 is 29.5 Å². The first kappa shape index (κ1) is 22.5. The fraction of sp³-hybridized carbons (Fsp3) is 0.462. The Morgan fingerprint density at radius 3 is 2.41 bits per heavy atom. The quantitative estimate of drug-likeness (QED) is 0.734. The highest BCUT2D eigenvalue weighted by Crippen LogP contribution is 2.33. The van der Waals surface area contributed by atoms with E-state index >= 15 is 0 Å². The minimum absolute atomic E-state index is 0.0123. The molecule has 8 heteroatoms. The second-order valence-electron chi connectivity index (χ2n) is 9.04. The van der Waals surface area contributed by atoms with Crippen LogP contribution >= 0.6 is 0 Å². The Labute approximate surface area is 200 Å². The van der Waals surface area contributed by atoms with E-state index in [0.717, 1.165) is 75.7 Å². The summed E-state index contributed by atoms with van der Waals surface area (Å²) >= 11 is 0. The van der Waals surface area contributed by atoms with Crippen molar-refractivity contribution in [2.75, 3.05) is 67.6 Å². The summed E-state index contributed by atoms with van der Waals surface area (Å²) < 4.78 is 11.5. The predicted molar refractivity (Wildman–Crippen MR) is 132 cm³/mol. The third kappa shape index (κ3) is 5.12. The number of hydrogen-bond donors (Lipinski definition) is 1. The van der Waals surface area contributed by atoms with E-state index in [-0.39, 0.29) is 18.4 Å². The Kier molecular flexibility index (Phi) is 6.85. The van der Waals surface area contributed by atoms with Crippen molar-refractivity contribution in [3.63, 3.8) is 0 Å². The molecule has 3 aliphatic rings. The zero-order valence-corrected chi connectivity index (χ0v) is 19.4. The molecule has 1 N–H and O–H groups in total. The fourth-order valence-corrected chi connectivity index (χ4v) is 4.85. The van der Waals surface area contributed by atoms with E-state index in [1.54, 1.807) is 0 Å². The first-order chi connectivity index (χ1) is 16.7. The van der Waals surface area contributed by atoms with Gasteiger partial charge >= 0.3 is 0 Å². The summed E-state index contributed by atoms with van der Waals surface area (Å²) in [5.41, 5.74) is 2.72. The minimum Gasteiger partial charge on any atom is -0.477 e. The number of piperidine rings is 1. The number of para-hydroxylation sites is 2. The van der Waals surface area contributed by atoms with E-state index < -0.39 is 6.10 Å². The van der Waals surface area contributed by atoms with Gasteiger partial charge in [0.05, 0.1) is 32.0 Å². The van der Waals surface area contributed by atoms with Crippen LogP contribution in [-0.2, 0) is 14.3 Å². The predicted octanol–water partition coefficient (Wildman–Crippen LogP) is 2.74. The number of hydrogen-bond acceptors (Lipinski definition) is 6. The maximum absolute atomic E-state index is 13.1. The number of carbonyl (C=O) groups is 2. The van der Waals surface area contributed by atoms with Crippen LogP contribution in [0.3, 0.4) is 0 Å². The van der Waals surface area contributed by atoms with Crippen molar-refractivity contribution in [2.24, 2.45) is 0 Å². The van der Waals surface area contributed by atoms with Gasteiger partial charge in [0.25, 0.3) is 5.91 Å². The Morgan fingerprint density at radius 2 is 1.65 bits per heavy atom. The summed E-state index contributed by atoms with van der Waals surface area (Å²) in [6, 6.07) is 15.5. The van der Waals surface area contributed by atoms with E-state index in [9.17, 15) is 9.59 Å². The van der Waals surface area contributed by atoms with Gasteiger partial charge in [-0.1, -0.05) is 12.1 Å². The molecular formula is C26H32N4O4. The highest BCUT2D eigenvalue weighted by atomic mass is 16.5.